The Kier molecular flexibility index (Phi) is 5.60. The first-order chi connectivity index (χ1) is 12.0. The zero-order valence-electron chi connectivity index (χ0n) is 15.2. The molecule has 1 saturated heterocycles. The van der Waals surface area contributed by atoms with Gasteiger partial charge in [0.1, 0.15) is 0 Å². The lowest BCUT2D eigenvalue weighted by atomic mass is 10.1. The van der Waals surface area contributed by atoms with Crippen LogP contribution in [0.15, 0.2) is 12.4 Å². The molecule has 2 aliphatic rings. The summed E-state index contributed by atoms with van der Waals surface area (Å²) in [4.78, 5) is 26.6. The van der Waals surface area contributed by atoms with Gasteiger partial charge < -0.3 is 15.5 Å². The predicted molar refractivity (Wildman–Crippen MR) is 96.1 cm³/mol. The van der Waals surface area contributed by atoms with Crippen LogP contribution in [0.5, 0.6) is 0 Å². The summed E-state index contributed by atoms with van der Waals surface area (Å²) in [5.41, 5.74) is 1.09. The van der Waals surface area contributed by atoms with Crippen LogP contribution in [0.25, 0.3) is 0 Å². The van der Waals surface area contributed by atoms with Crippen molar-refractivity contribution in [1.82, 2.24) is 20.4 Å². The number of carbonyl (C=O) groups is 2. The normalized spacial score (nSPS) is 22.2. The summed E-state index contributed by atoms with van der Waals surface area (Å²) in [5.74, 6) is 0.270. The van der Waals surface area contributed by atoms with E-state index in [1.807, 2.05) is 26.4 Å². The van der Waals surface area contributed by atoms with Crippen molar-refractivity contribution in [3.05, 3.63) is 12.4 Å². The lowest BCUT2D eigenvalue weighted by Gasteiger charge is -2.19. The molecule has 2 heterocycles. The highest BCUT2D eigenvalue weighted by Gasteiger charge is 2.27. The van der Waals surface area contributed by atoms with Gasteiger partial charge in [-0.2, -0.15) is 5.10 Å². The van der Waals surface area contributed by atoms with E-state index in [1.54, 1.807) is 4.68 Å². The van der Waals surface area contributed by atoms with Gasteiger partial charge in [0.05, 0.1) is 11.9 Å². The van der Waals surface area contributed by atoms with Crippen molar-refractivity contribution in [2.75, 3.05) is 18.0 Å². The van der Waals surface area contributed by atoms with Crippen LogP contribution in [0.4, 0.5) is 5.69 Å². The smallest absolute Gasteiger partial charge is 0.223 e. The molecule has 3 rings (SSSR count). The average molecular weight is 347 g/mol. The number of hydrogen-bond acceptors (Lipinski definition) is 4. The van der Waals surface area contributed by atoms with Gasteiger partial charge in [-0.3, -0.25) is 14.3 Å². The fraction of sp³-hybridized carbons (Fsp3) is 0.722. The second kappa shape index (κ2) is 7.89. The first-order valence-electron chi connectivity index (χ1n) is 9.34. The summed E-state index contributed by atoms with van der Waals surface area (Å²) in [6.07, 6.45) is 9.36. The lowest BCUT2D eigenvalue weighted by molar-refractivity contribution is -0.126. The number of amides is 2. The molecule has 138 valence electrons. The molecule has 2 fully saturated rings. The molecule has 2 amide bonds. The number of carbonyl (C=O) groups excluding carboxylic acids is 2. The standard InChI is InChI=1S/C18H29N5O2/c1-13(20-18(25)14-5-3-4-6-14)9-17(24)21-15-7-8-23(11-15)16-10-19-22(2)12-16/h10,12-15H,3-9,11H2,1-2H3,(H,20,25)(H,21,24)/t13-,15+/m1/s1. The van der Waals surface area contributed by atoms with Crippen LogP contribution in [0.2, 0.25) is 0 Å². The van der Waals surface area contributed by atoms with Crippen molar-refractivity contribution in [3.8, 4) is 0 Å². The van der Waals surface area contributed by atoms with Crippen molar-refractivity contribution in [2.45, 2.75) is 57.5 Å². The maximum Gasteiger partial charge on any atom is 0.223 e. The van der Waals surface area contributed by atoms with E-state index >= 15 is 0 Å². The molecule has 1 aliphatic heterocycles. The summed E-state index contributed by atoms with van der Waals surface area (Å²) in [7, 11) is 1.90. The van der Waals surface area contributed by atoms with Gasteiger partial charge in [0.15, 0.2) is 0 Å². The summed E-state index contributed by atoms with van der Waals surface area (Å²) >= 11 is 0. The first kappa shape index (κ1) is 17.8. The minimum Gasteiger partial charge on any atom is -0.367 e. The molecule has 1 aromatic heterocycles. The Morgan fingerprint density at radius 1 is 1.32 bits per heavy atom. The second-order valence-corrected chi connectivity index (χ2v) is 7.47. The summed E-state index contributed by atoms with van der Waals surface area (Å²) in [5, 5.41) is 10.3. The molecule has 1 aromatic rings. The molecule has 0 spiro atoms. The van der Waals surface area contributed by atoms with Crippen LogP contribution in [0.1, 0.15) is 45.4 Å². The summed E-state index contributed by atoms with van der Waals surface area (Å²) in [6, 6.07) is 0.0365. The highest BCUT2D eigenvalue weighted by atomic mass is 16.2. The molecule has 2 N–H and O–H groups in total. The van der Waals surface area contributed by atoms with Gasteiger partial charge in [-0.05, 0) is 26.2 Å². The minimum atomic E-state index is -0.121. The van der Waals surface area contributed by atoms with Gasteiger partial charge in [-0.25, -0.2) is 0 Å². The predicted octanol–water partition coefficient (Wildman–Crippen LogP) is 1.20. The largest absolute Gasteiger partial charge is 0.367 e. The van der Waals surface area contributed by atoms with E-state index in [2.05, 4.69) is 20.6 Å². The van der Waals surface area contributed by atoms with Crippen LogP contribution < -0.4 is 15.5 Å². The maximum absolute atomic E-state index is 12.3. The van der Waals surface area contributed by atoms with Crippen LogP contribution >= 0.6 is 0 Å². The van der Waals surface area contributed by atoms with Crippen molar-refractivity contribution in [2.24, 2.45) is 13.0 Å². The van der Waals surface area contributed by atoms with Gasteiger partial charge in [-0.15, -0.1) is 0 Å². The van der Waals surface area contributed by atoms with E-state index in [0.29, 0.717) is 6.42 Å². The maximum atomic E-state index is 12.3. The Balaban J connectivity index is 1.39. The Bertz CT molecular complexity index is 608. The van der Waals surface area contributed by atoms with Crippen LogP contribution in [-0.2, 0) is 16.6 Å². The molecule has 0 radical (unpaired) electrons. The monoisotopic (exact) mass is 347 g/mol. The number of aromatic nitrogens is 2. The van der Waals surface area contributed by atoms with E-state index in [1.165, 1.54) is 0 Å². The molecule has 1 saturated carbocycles. The number of nitrogens with one attached hydrogen (secondary N) is 2. The molecule has 7 nitrogen and oxygen atoms in total. The van der Waals surface area contributed by atoms with Crippen molar-refractivity contribution in [1.29, 1.82) is 0 Å². The van der Waals surface area contributed by atoms with E-state index < -0.39 is 0 Å². The highest BCUT2D eigenvalue weighted by Crippen LogP contribution is 2.24. The molecule has 2 atom stereocenters. The molecule has 7 heteroatoms. The third-order valence-corrected chi connectivity index (χ3v) is 5.22. The molecule has 0 bridgehead atoms. The highest BCUT2D eigenvalue weighted by molar-refractivity contribution is 5.81. The Morgan fingerprint density at radius 2 is 2.08 bits per heavy atom. The quantitative estimate of drug-likeness (QED) is 0.810. The van der Waals surface area contributed by atoms with Crippen molar-refractivity contribution < 1.29 is 9.59 Å². The third kappa shape index (κ3) is 4.74. The van der Waals surface area contributed by atoms with Gasteiger partial charge in [0.2, 0.25) is 11.8 Å². The molecule has 1 aliphatic carbocycles. The average Bonchev–Trinajstić information content (AvgIpc) is 3.27. The van der Waals surface area contributed by atoms with Crippen molar-refractivity contribution >= 4 is 17.5 Å². The van der Waals surface area contributed by atoms with E-state index in [-0.39, 0.29) is 29.8 Å². The van der Waals surface area contributed by atoms with Gasteiger partial charge in [0.25, 0.3) is 0 Å². The SMILES string of the molecule is C[C@H](CC(=O)N[C@H]1CCN(c2cnn(C)c2)C1)NC(=O)C1CCCC1. The molecule has 0 unspecified atom stereocenters. The zero-order chi connectivity index (χ0) is 17.8. The molecule has 25 heavy (non-hydrogen) atoms. The van der Waals surface area contributed by atoms with Crippen LogP contribution in [0, 0.1) is 5.92 Å². The summed E-state index contributed by atoms with van der Waals surface area (Å²) < 4.78 is 1.79. The zero-order valence-corrected chi connectivity index (χ0v) is 15.2. The Hall–Kier alpha value is -2.05. The number of anilines is 1. The Labute approximate surface area is 149 Å². The van der Waals surface area contributed by atoms with Gasteiger partial charge >= 0.3 is 0 Å². The summed E-state index contributed by atoms with van der Waals surface area (Å²) in [6.45, 7) is 3.63. The van der Waals surface area contributed by atoms with E-state index in [0.717, 1.165) is 50.9 Å². The first-order valence-corrected chi connectivity index (χ1v) is 9.34. The second-order valence-electron chi connectivity index (χ2n) is 7.47. The number of hydrogen-bond donors (Lipinski definition) is 2. The number of nitrogens with zero attached hydrogens (tertiary/aromatic N) is 3. The van der Waals surface area contributed by atoms with Gasteiger partial charge in [0, 0.05) is 50.8 Å². The lowest BCUT2D eigenvalue weighted by Crippen LogP contribution is -2.42. The van der Waals surface area contributed by atoms with Crippen LogP contribution in [0.3, 0.4) is 0 Å². The van der Waals surface area contributed by atoms with Gasteiger partial charge in [-0.1, -0.05) is 12.8 Å². The number of aryl methyl sites for hydroxylation is 1. The fourth-order valence-corrected chi connectivity index (χ4v) is 3.85. The molecule has 0 aromatic carbocycles. The van der Waals surface area contributed by atoms with Crippen molar-refractivity contribution in [3.63, 3.8) is 0 Å². The van der Waals surface area contributed by atoms with Crippen LogP contribution in [-0.4, -0.2) is 46.8 Å². The topological polar surface area (TPSA) is 79.3 Å². The van der Waals surface area contributed by atoms with E-state index in [4.69, 9.17) is 0 Å². The minimum absolute atomic E-state index is 0.0114. The fourth-order valence-electron chi connectivity index (χ4n) is 3.85. The third-order valence-electron chi connectivity index (χ3n) is 5.22. The molecular formula is C18H29N5O2. The number of rotatable bonds is 6. The Morgan fingerprint density at radius 3 is 2.76 bits per heavy atom. The molecular weight excluding hydrogens is 318 g/mol. The van der Waals surface area contributed by atoms with E-state index in [9.17, 15) is 9.59 Å².